The Bertz CT molecular complexity index is 401. The molecule has 0 bridgehead atoms. The van der Waals surface area contributed by atoms with Crippen LogP contribution in [0.2, 0.25) is 0 Å². The molecule has 0 heterocycles. The number of hydrogen-bond donors (Lipinski definition) is 2. The average molecular weight is 289 g/mol. The van der Waals surface area contributed by atoms with Crippen molar-refractivity contribution in [1.82, 2.24) is 10.6 Å². The number of carbonyl (C=O) groups excluding carboxylic acids is 1. The molecular weight excluding hydrogens is 267 g/mol. The van der Waals surface area contributed by atoms with Gasteiger partial charge in [-0.2, -0.15) is 0 Å². The predicted octanol–water partition coefficient (Wildman–Crippen LogP) is 2.15. The number of hydrogen-bond acceptors (Lipinski definition) is 2. The molecule has 1 aromatic rings. The van der Waals surface area contributed by atoms with Gasteiger partial charge in [0.15, 0.2) is 0 Å². The van der Waals surface area contributed by atoms with Gasteiger partial charge in [0.1, 0.15) is 5.82 Å². The predicted molar refractivity (Wildman–Crippen MR) is 78.0 cm³/mol. The summed E-state index contributed by atoms with van der Waals surface area (Å²) in [4.78, 5) is 11.8. The highest BCUT2D eigenvalue weighted by Gasteiger charge is 2.15. The van der Waals surface area contributed by atoms with Crippen molar-refractivity contribution >= 4 is 18.3 Å². The minimum absolute atomic E-state index is 0. The van der Waals surface area contributed by atoms with E-state index in [9.17, 15) is 9.18 Å². The fraction of sp³-hybridized carbons (Fsp3) is 0.500. The number of halogens is 2. The topological polar surface area (TPSA) is 41.1 Å². The number of amides is 1. The van der Waals surface area contributed by atoms with Crippen molar-refractivity contribution in [3.63, 3.8) is 0 Å². The highest BCUT2D eigenvalue weighted by molar-refractivity contribution is 5.85. The van der Waals surface area contributed by atoms with Crippen LogP contribution in [0.3, 0.4) is 0 Å². The summed E-state index contributed by atoms with van der Waals surface area (Å²) in [6.07, 6.45) is 0.505. The van der Waals surface area contributed by atoms with Gasteiger partial charge in [-0.3, -0.25) is 4.79 Å². The van der Waals surface area contributed by atoms with Gasteiger partial charge in [0.05, 0.1) is 0 Å². The maximum Gasteiger partial charge on any atom is 0.224 e. The van der Waals surface area contributed by atoms with Crippen LogP contribution >= 0.6 is 12.4 Å². The standard InChI is InChI=1S/C14H21FN2O.ClH/c1-10(9-16-3)14(18)17-11(2)8-12-6-4-5-7-13(12)15;/h4-7,10-11,16H,8-9H2,1-3H3,(H,17,18);1H. The lowest BCUT2D eigenvalue weighted by atomic mass is 10.1. The normalized spacial score (nSPS) is 13.3. The smallest absolute Gasteiger partial charge is 0.224 e. The van der Waals surface area contributed by atoms with E-state index in [0.29, 0.717) is 18.5 Å². The van der Waals surface area contributed by atoms with Crippen molar-refractivity contribution < 1.29 is 9.18 Å². The molecule has 0 saturated carbocycles. The largest absolute Gasteiger partial charge is 0.353 e. The van der Waals surface area contributed by atoms with Crippen LogP contribution in [0.25, 0.3) is 0 Å². The first-order valence-corrected chi connectivity index (χ1v) is 6.23. The lowest BCUT2D eigenvalue weighted by Gasteiger charge is -2.17. The molecule has 108 valence electrons. The van der Waals surface area contributed by atoms with E-state index >= 15 is 0 Å². The van der Waals surface area contributed by atoms with Gasteiger partial charge in [-0.15, -0.1) is 12.4 Å². The van der Waals surface area contributed by atoms with Crippen LogP contribution in [0.15, 0.2) is 24.3 Å². The van der Waals surface area contributed by atoms with Crippen molar-refractivity contribution in [1.29, 1.82) is 0 Å². The van der Waals surface area contributed by atoms with Crippen molar-refractivity contribution in [3.8, 4) is 0 Å². The van der Waals surface area contributed by atoms with Crippen molar-refractivity contribution in [3.05, 3.63) is 35.6 Å². The highest BCUT2D eigenvalue weighted by atomic mass is 35.5. The molecule has 0 radical (unpaired) electrons. The Morgan fingerprint density at radius 2 is 1.95 bits per heavy atom. The molecule has 1 rings (SSSR count). The Morgan fingerprint density at radius 1 is 1.32 bits per heavy atom. The van der Waals surface area contributed by atoms with Crippen LogP contribution in [0.5, 0.6) is 0 Å². The van der Waals surface area contributed by atoms with Gasteiger partial charge in [0.2, 0.25) is 5.91 Å². The van der Waals surface area contributed by atoms with Gasteiger partial charge in [0.25, 0.3) is 0 Å². The maximum absolute atomic E-state index is 13.4. The summed E-state index contributed by atoms with van der Waals surface area (Å²) in [5.74, 6) is -0.312. The van der Waals surface area contributed by atoms with E-state index in [4.69, 9.17) is 0 Å². The summed E-state index contributed by atoms with van der Waals surface area (Å²) in [5, 5.41) is 5.85. The Morgan fingerprint density at radius 3 is 2.53 bits per heavy atom. The second-order valence-electron chi connectivity index (χ2n) is 4.66. The van der Waals surface area contributed by atoms with Gasteiger partial charge in [0, 0.05) is 18.5 Å². The number of nitrogens with one attached hydrogen (secondary N) is 2. The van der Waals surface area contributed by atoms with E-state index in [2.05, 4.69) is 10.6 Å². The van der Waals surface area contributed by atoms with Gasteiger partial charge in [-0.1, -0.05) is 25.1 Å². The molecule has 3 nitrogen and oxygen atoms in total. The molecule has 19 heavy (non-hydrogen) atoms. The molecule has 0 spiro atoms. The second kappa shape index (κ2) is 8.88. The lowest BCUT2D eigenvalue weighted by Crippen LogP contribution is -2.40. The molecule has 0 saturated heterocycles. The molecule has 2 N–H and O–H groups in total. The zero-order valence-corrected chi connectivity index (χ0v) is 12.4. The molecule has 2 unspecified atom stereocenters. The lowest BCUT2D eigenvalue weighted by molar-refractivity contribution is -0.124. The fourth-order valence-electron chi connectivity index (χ4n) is 1.83. The zero-order chi connectivity index (χ0) is 13.5. The fourth-order valence-corrected chi connectivity index (χ4v) is 1.83. The molecule has 0 aliphatic heterocycles. The third-order valence-corrected chi connectivity index (χ3v) is 2.83. The van der Waals surface area contributed by atoms with Gasteiger partial charge in [-0.05, 0) is 32.0 Å². The number of benzene rings is 1. The van der Waals surface area contributed by atoms with Crippen molar-refractivity contribution in [2.24, 2.45) is 5.92 Å². The van der Waals surface area contributed by atoms with Crippen LogP contribution in [0.4, 0.5) is 4.39 Å². The summed E-state index contributed by atoms with van der Waals surface area (Å²) in [7, 11) is 1.81. The van der Waals surface area contributed by atoms with Crippen LogP contribution in [0.1, 0.15) is 19.4 Å². The van der Waals surface area contributed by atoms with Gasteiger partial charge in [-0.25, -0.2) is 4.39 Å². The van der Waals surface area contributed by atoms with Gasteiger partial charge >= 0.3 is 0 Å². The highest BCUT2D eigenvalue weighted by Crippen LogP contribution is 2.09. The van der Waals surface area contributed by atoms with Crippen LogP contribution in [0, 0.1) is 11.7 Å². The third kappa shape index (κ3) is 6.03. The summed E-state index contributed by atoms with van der Waals surface area (Å²) in [6.45, 7) is 4.39. The first-order chi connectivity index (χ1) is 8.54. The zero-order valence-electron chi connectivity index (χ0n) is 11.6. The molecule has 2 atom stereocenters. The summed E-state index contributed by atoms with van der Waals surface area (Å²) in [6, 6.07) is 6.57. The summed E-state index contributed by atoms with van der Waals surface area (Å²) < 4.78 is 13.4. The molecule has 0 aliphatic carbocycles. The SMILES string of the molecule is CNCC(C)C(=O)NC(C)Cc1ccccc1F.Cl. The maximum atomic E-state index is 13.4. The third-order valence-electron chi connectivity index (χ3n) is 2.83. The van der Waals surface area contributed by atoms with E-state index in [1.54, 1.807) is 18.2 Å². The van der Waals surface area contributed by atoms with E-state index < -0.39 is 0 Å². The first kappa shape index (κ1) is 17.9. The Labute approximate surface area is 120 Å². The Balaban J connectivity index is 0.00000324. The molecular formula is C14H22ClFN2O. The Hall–Kier alpha value is -1.13. The van der Waals surface area contributed by atoms with Crippen molar-refractivity contribution in [2.45, 2.75) is 26.3 Å². The van der Waals surface area contributed by atoms with E-state index in [1.807, 2.05) is 20.9 Å². The van der Waals surface area contributed by atoms with Crippen LogP contribution in [-0.2, 0) is 11.2 Å². The van der Waals surface area contributed by atoms with E-state index in [1.165, 1.54) is 6.07 Å². The second-order valence-corrected chi connectivity index (χ2v) is 4.66. The molecule has 0 aliphatic rings. The molecule has 1 aromatic carbocycles. The summed E-state index contributed by atoms with van der Waals surface area (Å²) in [5.41, 5.74) is 0.631. The average Bonchev–Trinajstić information content (AvgIpc) is 2.32. The molecule has 0 aromatic heterocycles. The quantitative estimate of drug-likeness (QED) is 0.842. The number of carbonyl (C=O) groups is 1. The van der Waals surface area contributed by atoms with E-state index in [0.717, 1.165) is 0 Å². The molecule has 5 heteroatoms. The van der Waals surface area contributed by atoms with Gasteiger partial charge < -0.3 is 10.6 Å². The molecule has 0 fully saturated rings. The first-order valence-electron chi connectivity index (χ1n) is 6.23. The van der Waals surface area contributed by atoms with Crippen molar-refractivity contribution in [2.75, 3.05) is 13.6 Å². The minimum Gasteiger partial charge on any atom is -0.353 e. The summed E-state index contributed by atoms with van der Waals surface area (Å²) >= 11 is 0. The van der Waals surface area contributed by atoms with Crippen LogP contribution in [-0.4, -0.2) is 25.5 Å². The molecule has 1 amide bonds. The van der Waals surface area contributed by atoms with E-state index in [-0.39, 0.29) is 36.1 Å². The monoisotopic (exact) mass is 288 g/mol. The minimum atomic E-state index is -0.220. The number of rotatable bonds is 6. The van der Waals surface area contributed by atoms with Crippen LogP contribution < -0.4 is 10.6 Å². The Kier molecular flexibility index (Phi) is 8.35.